The zero-order valence-corrected chi connectivity index (χ0v) is 9.64. The van der Waals surface area contributed by atoms with Crippen LogP contribution in [-0.2, 0) is 0 Å². The number of ether oxygens (including phenoxy) is 1. The molecule has 1 aromatic heterocycles. The number of benzene rings is 1. The molecule has 0 fully saturated rings. The van der Waals surface area contributed by atoms with Gasteiger partial charge in [-0.1, -0.05) is 18.2 Å². The Morgan fingerprint density at radius 2 is 2.17 bits per heavy atom. The van der Waals surface area contributed by atoms with Crippen molar-refractivity contribution >= 4 is 5.82 Å². The number of hydrogen-bond donors (Lipinski definition) is 1. The molecule has 3 rings (SSSR count). The second kappa shape index (κ2) is 4.60. The minimum Gasteiger partial charge on any atom is -0.493 e. The number of halogens is 1. The standard InChI is InChI=1S/C13H12FN3O/c14-12-7-13(16-8-15-12)17-10-5-6-18-11-4-2-1-3-9(10)11/h1-4,7-8,10H,5-6H2,(H,15,16,17). The van der Waals surface area contributed by atoms with Crippen LogP contribution in [0, 0.1) is 5.95 Å². The summed E-state index contributed by atoms with van der Waals surface area (Å²) in [5, 5.41) is 3.21. The molecule has 5 heteroatoms. The molecule has 1 aliphatic heterocycles. The third kappa shape index (κ3) is 2.11. The first-order valence-electron chi connectivity index (χ1n) is 5.79. The van der Waals surface area contributed by atoms with Crippen LogP contribution < -0.4 is 10.1 Å². The van der Waals surface area contributed by atoms with Crippen molar-refractivity contribution in [1.29, 1.82) is 0 Å². The van der Waals surface area contributed by atoms with Crippen LogP contribution in [0.1, 0.15) is 18.0 Å². The second-order valence-electron chi connectivity index (χ2n) is 4.10. The van der Waals surface area contributed by atoms with E-state index in [-0.39, 0.29) is 6.04 Å². The number of hydrogen-bond acceptors (Lipinski definition) is 4. The monoisotopic (exact) mass is 245 g/mol. The average Bonchev–Trinajstić information content (AvgIpc) is 2.39. The van der Waals surface area contributed by atoms with Crippen molar-refractivity contribution in [2.24, 2.45) is 0 Å². The fourth-order valence-electron chi connectivity index (χ4n) is 2.08. The van der Waals surface area contributed by atoms with Crippen LogP contribution in [0.4, 0.5) is 10.2 Å². The van der Waals surface area contributed by atoms with Gasteiger partial charge in [0, 0.05) is 18.1 Å². The lowest BCUT2D eigenvalue weighted by molar-refractivity contribution is 0.274. The summed E-state index contributed by atoms with van der Waals surface area (Å²) in [4.78, 5) is 7.44. The second-order valence-corrected chi connectivity index (χ2v) is 4.10. The molecular weight excluding hydrogens is 233 g/mol. The number of fused-ring (bicyclic) bond motifs is 1. The number of aromatic nitrogens is 2. The van der Waals surface area contributed by atoms with Crippen molar-refractivity contribution in [1.82, 2.24) is 9.97 Å². The number of nitrogens with one attached hydrogen (secondary N) is 1. The summed E-state index contributed by atoms with van der Waals surface area (Å²) in [5.41, 5.74) is 1.07. The van der Waals surface area contributed by atoms with E-state index in [9.17, 15) is 4.39 Å². The van der Waals surface area contributed by atoms with Crippen LogP contribution in [0.3, 0.4) is 0 Å². The summed E-state index contributed by atoms with van der Waals surface area (Å²) in [6.45, 7) is 0.641. The van der Waals surface area contributed by atoms with Crippen molar-refractivity contribution in [2.75, 3.05) is 11.9 Å². The fraction of sp³-hybridized carbons (Fsp3) is 0.231. The molecule has 1 unspecified atom stereocenters. The van der Waals surface area contributed by atoms with Crippen LogP contribution in [0.25, 0.3) is 0 Å². The van der Waals surface area contributed by atoms with Gasteiger partial charge in [0.05, 0.1) is 12.6 Å². The van der Waals surface area contributed by atoms with Gasteiger partial charge in [0.25, 0.3) is 0 Å². The maximum Gasteiger partial charge on any atom is 0.217 e. The molecule has 18 heavy (non-hydrogen) atoms. The highest BCUT2D eigenvalue weighted by molar-refractivity contribution is 5.44. The molecule has 0 saturated heterocycles. The Labute approximate surface area is 104 Å². The molecule has 92 valence electrons. The highest BCUT2D eigenvalue weighted by atomic mass is 19.1. The molecule has 0 bridgehead atoms. The quantitative estimate of drug-likeness (QED) is 0.826. The van der Waals surface area contributed by atoms with Gasteiger partial charge >= 0.3 is 0 Å². The third-order valence-electron chi connectivity index (χ3n) is 2.91. The van der Waals surface area contributed by atoms with Crippen molar-refractivity contribution in [3.8, 4) is 5.75 Å². The first-order valence-corrected chi connectivity index (χ1v) is 5.79. The molecule has 1 N–H and O–H groups in total. The third-order valence-corrected chi connectivity index (χ3v) is 2.91. The van der Waals surface area contributed by atoms with Crippen LogP contribution in [-0.4, -0.2) is 16.6 Å². The predicted octanol–water partition coefficient (Wildman–Crippen LogP) is 2.55. The number of rotatable bonds is 2. The molecule has 1 atom stereocenters. The molecule has 2 aromatic rings. The van der Waals surface area contributed by atoms with Crippen LogP contribution >= 0.6 is 0 Å². The van der Waals surface area contributed by atoms with E-state index in [1.807, 2.05) is 24.3 Å². The first kappa shape index (κ1) is 11.0. The van der Waals surface area contributed by atoms with Crippen molar-refractivity contribution in [3.63, 3.8) is 0 Å². The molecule has 4 nitrogen and oxygen atoms in total. The van der Waals surface area contributed by atoms with Crippen molar-refractivity contribution in [3.05, 3.63) is 48.2 Å². The van der Waals surface area contributed by atoms with Gasteiger partial charge in [0.2, 0.25) is 5.95 Å². The topological polar surface area (TPSA) is 47.0 Å². The van der Waals surface area contributed by atoms with Gasteiger partial charge in [-0.3, -0.25) is 0 Å². The minimum absolute atomic E-state index is 0.0873. The fourth-order valence-corrected chi connectivity index (χ4v) is 2.08. The summed E-state index contributed by atoms with van der Waals surface area (Å²) >= 11 is 0. The Kier molecular flexibility index (Phi) is 2.80. The Morgan fingerprint density at radius 3 is 3.06 bits per heavy atom. The number of para-hydroxylation sites is 1. The van der Waals surface area contributed by atoms with Crippen LogP contribution in [0.5, 0.6) is 5.75 Å². The summed E-state index contributed by atoms with van der Waals surface area (Å²) in [6, 6.07) is 9.21. The van der Waals surface area contributed by atoms with E-state index in [2.05, 4.69) is 15.3 Å². The van der Waals surface area contributed by atoms with E-state index in [1.54, 1.807) is 0 Å². The maximum absolute atomic E-state index is 13.0. The normalized spacial score (nSPS) is 17.7. The SMILES string of the molecule is Fc1cc(NC2CCOc3ccccc32)ncn1. The zero-order chi connectivity index (χ0) is 12.4. The molecule has 1 aromatic carbocycles. The summed E-state index contributed by atoms with van der Waals surface area (Å²) in [6.07, 6.45) is 2.03. The Bertz CT molecular complexity index is 561. The lowest BCUT2D eigenvalue weighted by Gasteiger charge is -2.26. The van der Waals surface area contributed by atoms with E-state index in [1.165, 1.54) is 12.4 Å². The minimum atomic E-state index is -0.534. The van der Waals surface area contributed by atoms with Crippen molar-refractivity contribution in [2.45, 2.75) is 12.5 Å². The lowest BCUT2D eigenvalue weighted by Crippen LogP contribution is -2.20. The highest BCUT2D eigenvalue weighted by Gasteiger charge is 2.21. The lowest BCUT2D eigenvalue weighted by atomic mass is 10.0. The van der Waals surface area contributed by atoms with E-state index in [0.717, 1.165) is 17.7 Å². The smallest absolute Gasteiger partial charge is 0.217 e. The van der Waals surface area contributed by atoms with E-state index >= 15 is 0 Å². The Balaban J connectivity index is 1.86. The van der Waals surface area contributed by atoms with Gasteiger partial charge in [0.1, 0.15) is 17.9 Å². The molecule has 0 radical (unpaired) electrons. The summed E-state index contributed by atoms with van der Waals surface area (Å²) in [7, 11) is 0. The largest absolute Gasteiger partial charge is 0.493 e. The molecule has 0 aliphatic carbocycles. The van der Waals surface area contributed by atoms with Crippen LogP contribution in [0.2, 0.25) is 0 Å². The van der Waals surface area contributed by atoms with E-state index in [0.29, 0.717) is 12.4 Å². The van der Waals surface area contributed by atoms with E-state index < -0.39 is 5.95 Å². The molecule has 1 aliphatic rings. The molecule has 0 spiro atoms. The first-order chi connectivity index (χ1) is 8.83. The molecule has 0 amide bonds. The number of nitrogens with zero attached hydrogens (tertiary/aromatic N) is 2. The molecule has 0 saturated carbocycles. The number of anilines is 1. The van der Waals surface area contributed by atoms with Gasteiger partial charge in [0.15, 0.2) is 0 Å². The van der Waals surface area contributed by atoms with Gasteiger partial charge in [-0.05, 0) is 6.07 Å². The van der Waals surface area contributed by atoms with Gasteiger partial charge in [-0.25, -0.2) is 9.97 Å². The summed E-state index contributed by atoms with van der Waals surface area (Å²) in [5.74, 6) is 0.827. The zero-order valence-electron chi connectivity index (χ0n) is 9.64. The van der Waals surface area contributed by atoms with Crippen LogP contribution in [0.15, 0.2) is 36.7 Å². The van der Waals surface area contributed by atoms with E-state index in [4.69, 9.17) is 4.74 Å². The molecular formula is C13H12FN3O. The van der Waals surface area contributed by atoms with Gasteiger partial charge < -0.3 is 10.1 Å². The Hall–Kier alpha value is -2.17. The van der Waals surface area contributed by atoms with Gasteiger partial charge in [-0.15, -0.1) is 0 Å². The average molecular weight is 245 g/mol. The van der Waals surface area contributed by atoms with Crippen molar-refractivity contribution < 1.29 is 9.13 Å². The molecule has 2 heterocycles. The highest BCUT2D eigenvalue weighted by Crippen LogP contribution is 2.33. The Morgan fingerprint density at radius 1 is 1.28 bits per heavy atom. The predicted molar refractivity (Wildman–Crippen MR) is 64.9 cm³/mol. The summed E-state index contributed by atoms with van der Waals surface area (Å²) < 4.78 is 18.6. The maximum atomic E-state index is 13.0. The van der Waals surface area contributed by atoms with Gasteiger partial charge in [-0.2, -0.15) is 4.39 Å².